The van der Waals surface area contributed by atoms with Gasteiger partial charge >= 0.3 is 6.09 Å². The summed E-state index contributed by atoms with van der Waals surface area (Å²) in [5.41, 5.74) is 0.806. The van der Waals surface area contributed by atoms with E-state index in [-0.39, 0.29) is 43.6 Å². The van der Waals surface area contributed by atoms with Crippen molar-refractivity contribution in [3.8, 4) is 0 Å². The highest BCUT2D eigenvalue weighted by atomic mass is 35.5. The number of carbonyl (C=O) groups excluding carboxylic acids is 3. The van der Waals surface area contributed by atoms with Gasteiger partial charge < -0.3 is 20.5 Å². The molecule has 0 heterocycles. The van der Waals surface area contributed by atoms with Crippen LogP contribution in [0.1, 0.15) is 56.9 Å². The van der Waals surface area contributed by atoms with Gasteiger partial charge in [-0.1, -0.05) is 55.8 Å². The van der Waals surface area contributed by atoms with E-state index in [0.29, 0.717) is 17.0 Å². The van der Waals surface area contributed by atoms with E-state index in [0.717, 1.165) is 25.7 Å². The summed E-state index contributed by atoms with van der Waals surface area (Å²) in [5, 5.41) is 15.3. The van der Waals surface area contributed by atoms with Crippen LogP contribution in [0, 0.1) is 5.92 Å². The molecule has 1 unspecified atom stereocenters. The Kier molecular flexibility index (Phi) is 11.2. The van der Waals surface area contributed by atoms with Gasteiger partial charge in [-0.15, -0.1) is 0 Å². The molecule has 1 fully saturated rings. The minimum atomic E-state index is -0.850. The Morgan fingerprint density at radius 1 is 1.25 bits per heavy atom. The normalized spacial score (nSPS) is 15.7. The largest absolute Gasteiger partial charge is 0.443 e. The van der Waals surface area contributed by atoms with E-state index in [1.165, 1.54) is 13.5 Å². The third-order valence-corrected chi connectivity index (χ3v) is 5.74. The van der Waals surface area contributed by atoms with Crippen LogP contribution in [0.5, 0.6) is 0 Å². The molecule has 1 aliphatic rings. The second-order valence-electron chi connectivity index (χ2n) is 8.02. The number of ether oxygens (including phenoxy) is 1. The number of amides is 3. The Labute approximate surface area is 193 Å². The number of carbonyl (C=O) groups is 3. The van der Waals surface area contributed by atoms with Gasteiger partial charge in [0.25, 0.3) is 5.91 Å². The smallest absolute Gasteiger partial charge is 0.434 e. The number of nitrogens with one attached hydrogen (secondary N) is 2. The number of halogens is 1. The fraction of sp³-hybridized carbons (Fsp3) is 0.565. The van der Waals surface area contributed by atoms with Crippen LogP contribution in [0.3, 0.4) is 0 Å². The first kappa shape index (κ1) is 25.8. The van der Waals surface area contributed by atoms with E-state index in [9.17, 15) is 19.5 Å². The van der Waals surface area contributed by atoms with Gasteiger partial charge in [0.05, 0.1) is 12.6 Å². The van der Waals surface area contributed by atoms with Gasteiger partial charge in [-0.2, -0.15) is 4.99 Å². The monoisotopic (exact) mass is 465 g/mol. The Hall–Kier alpha value is -2.45. The molecule has 32 heavy (non-hydrogen) atoms. The molecule has 3 amide bonds. The lowest BCUT2D eigenvalue weighted by atomic mass is 9.85. The van der Waals surface area contributed by atoms with Crippen molar-refractivity contribution in [3.05, 3.63) is 34.9 Å². The topological polar surface area (TPSA) is 117 Å². The Morgan fingerprint density at radius 2 is 2.00 bits per heavy atom. The molecule has 0 aromatic heterocycles. The lowest BCUT2D eigenvalue weighted by Crippen LogP contribution is -2.42. The van der Waals surface area contributed by atoms with Crippen molar-refractivity contribution in [2.24, 2.45) is 10.9 Å². The SMILES string of the molecule is CNC(=O)CCC(CO)NC(=O)C(CC1CCCCC1)=NC(=O)OCc1cccc(Cl)c1. The number of benzene rings is 1. The maximum absolute atomic E-state index is 12.9. The van der Waals surface area contributed by atoms with Crippen LogP contribution in [0.25, 0.3) is 0 Å². The second-order valence-corrected chi connectivity index (χ2v) is 8.45. The summed E-state index contributed by atoms with van der Waals surface area (Å²) >= 11 is 5.94. The molecular weight excluding hydrogens is 434 g/mol. The number of aliphatic imine (C=N–C) groups is 1. The molecule has 1 saturated carbocycles. The summed E-state index contributed by atoms with van der Waals surface area (Å²) < 4.78 is 5.21. The van der Waals surface area contributed by atoms with Crippen molar-refractivity contribution in [3.63, 3.8) is 0 Å². The van der Waals surface area contributed by atoms with E-state index in [1.807, 2.05) is 0 Å². The maximum Gasteiger partial charge on any atom is 0.434 e. The molecule has 0 aliphatic heterocycles. The zero-order chi connectivity index (χ0) is 23.3. The minimum absolute atomic E-state index is 0.00733. The van der Waals surface area contributed by atoms with Gasteiger partial charge in [0.2, 0.25) is 5.91 Å². The highest BCUT2D eigenvalue weighted by Crippen LogP contribution is 2.27. The van der Waals surface area contributed by atoms with Gasteiger partial charge in [-0.25, -0.2) is 4.79 Å². The van der Waals surface area contributed by atoms with Gasteiger partial charge in [0.15, 0.2) is 0 Å². The second kappa shape index (κ2) is 13.9. The van der Waals surface area contributed by atoms with E-state index >= 15 is 0 Å². The summed E-state index contributed by atoms with van der Waals surface area (Å²) in [6.45, 7) is -0.328. The van der Waals surface area contributed by atoms with Crippen molar-refractivity contribution in [1.82, 2.24) is 10.6 Å². The predicted octanol–water partition coefficient (Wildman–Crippen LogP) is 3.39. The van der Waals surface area contributed by atoms with Crippen LogP contribution in [0.15, 0.2) is 29.3 Å². The van der Waals surface area contributed by atoms with Crippen LogP contribution in [0.2, 0.25) is 5.02 Å². The van der Waals surface area contributed by atoms with Crippen LogP contribution in [-0.4, -0.2) is 48.4 Å². The fourth-order valence-electron chi connectivity index (χ4n) is 3.68. The third kappa shape index (κ3) is 9.36. The number of hydrogen-bond acceptors (Lipinski definition) is 5. The van der Waals surface area contributed by atoms with E-state index in [4.69, 9.17) is 16.3 Å². The molecule has 0 saturated heterocycles. The van der Waals surface area contributed by atoms with Crippen LogP contribution in [-0.2, 0) is 20.9 Å². The number of rotatable bonds is 10. The standard InChI is InChI=1S/C23H32ClN3O5/c1-25-21(29)11-10-19(14-28)26-22(30)20(13-16-6-3-2-4-7-16)27-23(31)32-15-17-8-5-9-18(24)12-17/h5,8-9,12,16,19,28H,2-4,6-7,10-11,13-15H2,1H3,(H,25,29)(H,26,30). The first-order chi connectivity index (χ1) is 15.4. The first-order valence-corrected chi connectivity index (χ1v) is 11.4. The number of aliphatic hydroxyl groups excluding tert-OH is 1. The summed E-state index contributed by atoms with van der Waals surface area (Å²) in [4.78, 5) is 40.6. The minimum Gasteiger partial charge on any atom is -0.443 e. The van der Waals surface area contributed by atoms with Gasteiger partial charge in [0, 0.05) is 18.5 Å². The molecule has 0 bridgehead atoms. The lowest BCUT2D eigenvalue weighted by molar-refractivity contribution is -0.121. The average Bonchev–Trinajstić information content (AvgIpc) is 2.80. The molecule has 1 aromatic carbocycles. The molecule has 176 valence electrons. The van der Waals surface area contributed by atoms with Crippen LogP contribution in [0.4, 0.5) is 4.79 Å². The fourth-order valence-corrected chi connectivity index (χ4v) is 3.89. The molecule has 1 atom stereocenters. The molecule has 8 nitrogen and oxygen atoms in total. The number of hydrogen-bond donors (Lipinski definition) is 3. The van der Waals surface area contributed by atoms with Crippen LogP contribution >= 0.6 is 11.6 Å². The summed E-state index contributed by atoms with van der Waals surface area (Å²) in [7, 11) is 1.53. The van der Waals surface area contributed by atoms with Crippen molar-refractivity contribution in [2.75, 3.05) is 13.7 Å². The van der Waals surface area contributed by atoms with Crippen molar-refractivity contribution in [2.45, 2.75) is 64.0 Å². The summed E-state index contributed by atoms with van der Waals surface area (Å²) in [5.74, 6) is -0.433. The van der Waals surface area contributed by atoms with Crippen molar-refractivity contribution >= 4 is 35.2 Å². The highest BCUT2D eigenvalue weighted by Gasteiger charge is 2.23. The molecular formula is C23H32ClN3O5. The molecule has 3 N–H and O–H groups in total. The Bertz CT molecular complexity index is 809. The highest BCUT2D eigenvalue weighted by molar-refractivity contribution is 6.40. The first-order valence-electron chi connectivity index (χ1n) is 11.0. The van der Waals surface area contributed by atoms with E-state index < -0.39 is 18.0 Å². The van der Waals surface area contributed by atoms with E-state index in [2.05, 4.69) is 15.6 Å². The average molecular weight is 466 g/mol. The van der Waals surface area contributed by atoms with Crippen molar-refractivity contribution < 1.29 is 24.2 Å². The van der Waals surface area contributed by atoms with Gasteiger partial charge in [0.1, 0.15) is 12.3 Å². The van der Waals surface area contributed by atoms with Crippen molar-refractivity contribution in [1.29, 1.82) is 0 Å². The summed E-state index contributed by atoms with van der Waals surface area (Å²) in [6, 6.07) is 6.33. The Morgan fingerprint density at radius 3 is 2.66 bits per heavy atom. The molecule has 2 rings (SSSR count). The van der Waals surface area contributed by atoms with E-state index in [1.54, 1.807) is 24.3 Å². The third-order valence-electron chi connectivity index (χ3n) is 5.50. The zero-order valence-electron chi connectivity index (χ0n) is 18.4. The zero-order valence-corrected chi connectivity index (χ0v) is 19.2. The predicted molar refractivity (Wildman–Crippen MR) is 123 cm³/mol. The van der Waals surface area contributed by atoms with Crippen LogP contribution < -0.4 is 10.6 Å². The maximum atomic E-state index is 12.9. The number of nitrogens with zero attached hydrogens (tertiary/aromatic N) is 1. The summed E-state index contributed by atoms with van der Waals surface area (Å²) in [6.07, 6.45) is 5.25. The molecule has 1 aromatic rings. The Balaban J connectivity index is 2.04. The molecule has 9 heteroatoms. The quantitative estimate of drug-likeness (QED) is 0.458. The van der Waals surface area contributed by atoms with Gasteiger partial charge in [-0.3, -0.25) is 9.59 Å². The van der Waals surface area contributed by atoms with Gasteiger partial charge in [-0.05, 0) is 36.5 Å². The number of aliphatic hydroxyl groups is 1. The molecule has 0 spiro atoms. The lowest BCUT2D eigenvalue weighted by Gasteiger charge is -2.23. The molecule has 1 aliphatic carbocycles. The molecule has 0 radical (unpaired) electrons.